The predicted molar refractivity (Wildman–Crippen MR) is 108 cm³/mol. The summed E-state index contributed by atoms with van der Waals surface area (Å²) in [7, 11) is 1.60. The van der Waals surface area contributed by atoms with Crippen LogP contribution < -0.4 is 19.7 Å². The van der Waals surface area contributed by atoms with E-state index < -0.39 is 0 Å². The summed E-state index contributed by atoms with van der Waals surface area (Å²) >= 11 is 0. The molecule has 3 rings (SSSR count). The molecule has 1 aliphatic rings. The van der Waals surface area contributed by atoms with Gasteiger partial charge in [-0.25, -0.2) is 0 Å². The molecule has 1 atom stereocenters. The van der Waals surface area contributed by atoms with Crippen LogP contribution in [0.3, 0.4) is 0 Å². The standard InChI is InChI=1S/C22H26N2O4/c1-3-4-13-28-20-9-5-16(6-10-20)22(26)23-17-14-21(25)24(15-17)18-7-11-19(27-2)12-8-18/h5-12,17H,3-4,13-15H2,1-2H3,(H,23,26)/t17-/m1/s1. The van der Waals surface area contributed by atoms with E-state index >= 15 is 0 Å². The molecule has 0 radical (unpaired) electrons. The molecule has 1 saturated heterocycles. The first-order valence-electron chi connectivity index (χ1n) is 9.59. The van der Waals surface area contributed by atoms with E-state index in [1.54, 1.807) is 36.3 Å². The molecule has 0 aliphatic carbocycles. The summed E-state index contributed by atoms with van der Waals surface area (Å²) in [5.41, 5.74) is 1.36. The molecule has 2 aromatic rings. The Balaban J connectivity index is 1.56. The van der Waals surface area contributed by atoms with Crippen LogP contribution in [0, 0.1) is 0 Å². The van der Waals surface area contributed by atoms with E-state index in [4.69, 9.17) is 9.47 Å². The Hall–Kier alpha value is -3.02. The van der Waals surface area contributed by atoms with E-state index in [0.717, 1.165) is 30.0 Å². The highest BCUT2D eigenvalue weighted by atomic mass is 16.5. The number of rotatable bonds is 8. The second kappa shape index (κ2) is 9.26. The maximum absolute atomic E-state index is 12.5. The number of unbranched alkanes of at least 4 members (excludes halogenated alkanes) is 1. The highest BCUT2D eigenvalue weighted by molar-refractivity contribution is 5.99. The third-order valence-corrected chi connectivity index (χ3v) is 4.73. The maximum Gasteiger partial charge on any atom is 0.251 e. The van der Waals surface area contributed by atoms with Gasteiger partial charge in [-0.2, -0.15) is 0 Å². The molecule has 6 heteroatoms. The molecular formula is C22H26N2O4. The molecule has 2 amide bonds. The Kier molecular flexibility index (Phi) is 6.53. The van der Waals surface area contributed by atoms with Gasteiger partial charge in [-0.1, -0.05) is 13.3 Å². The number of hydrogen-bond acceptors (Lipinski definition) is 4. The second-order valence-electron chi connectivity index (χ2n) is 6.80. The lowest BCUT2D eigenvalue weighted by Gasteiger charge is -2.17. The Bertz CT molecular complexity index is 802. The summed E-state index contributed by atoms with van der Waals surface area (Å²) in [6.45, 7) is 3.24. The van der Waals surface area contributed by atoms with Gasteiger partial charge < -0.3 is 19.7 Å². The summed E-state index contributed by atoms with van der Waals surface area (Å²) in [6.07, 6.45) is 2.37. The highest BCUT2D eigenvalue weighted by Crippen LogP contribution is 2.24. The molecule has 1 N–H and O–H groups in total. The Labute approximate surface area is 165 Å². The zero-order chi connectivity index (χ0) is 19.9. The molecule has 1 heterocycles. The van der Waals surface area contributed by atoms with Crippen molar-refractivity contribution in [1.29, 1.82) is 0 Å². The van der Waals surface area contributed by atoms with Crippen LogP contribution in [-0.4, -0.2) is 38.1 Å². The van der Waals surface area contributed by atoms with Crippen molar-refractivity contribution < 1.29 is 19.1 Å². The van der Waals surface area contributed by atoms with Crippen LogP contribution >= 0.6 is 0 Å². The van der Waals surface area contributed by atoms with Gasteiger partial charge in [0.2, 0.25) is 5.91 Å². The third kappa shape index (κ3) is 4.82. The van der Waals surface area contributed by atoms with Crippen molar-refractivity contribution in [2.24, 2.45) is 0 Å². The fraction of sp³-hybridized carbons (Fsp3) is 0.364. The molecular weight excluding hydrogens is 356 g/mol. The molecule has 0 bridgehead atoms. The first kappa shape index (κ1) is 19.7. The van der Waals surface area contributed by atoms with Gasteiger partial charge in [0.1, 0.15) is 11.5 Å². The molecule has 148 valence electrons. The third-order valence-electron chi connectivity index (χ3n) is 4.73. The Morgan fingerprint density at radius 1 is 1.11 bits per heavy atom. The molecule has 6 nitrogen and oxygen atoms in total. The highest BCUT2D eigenvalue weighted by Gasteiger charge is 2.31. The monoisotopic (exact) mass is 382 g/mol. The number of ether oxygens (including phenoxy) is 2. The molecule has 0 aromatic heterocycles. The van der Waals surface area contributed by atoms with Crippen LogP contribution in [0.5, 0.6) is 11.5 Å². The minimum atomic E-state index is -0.220. The number of methoxy groups -OCH3 is 1. The van der Waals surface area contributed by atoms with E-state index in [1.807, 2.05) is 24.3 Å². The first-order chi connectivity index (χ1) is 13.6. The minimum absolute atomic E-state index is 0.00450. The fourth-order valence-electron chi connectivity index (χ4n) is 3.12. The van der Waals surface area contributed by atoms with Crippen LogP contribution in [0.2, 0.25) is 0 Å². The predicted octanol–water partition coefficient (Wildman–Crippen LogP) is 3.41. The molecule has 0 unspecified atom stereocenters. The number of benzene rings is 2. The lowest BCUT2D eigenvalue weighted by Crippen LogP contribution is -2.37. The van der Waals surface area contributed by atoms with E-state index in [2.05, 4.69) is 12.2 Å². The first-order valence-corrected chi connectivity index (χ1v) is 9.59. The van der Waals surface area contributed by atoms with Crippen molar-refractivity contribution in [3.8, 4) is 11.5 Å². The molecule has 28 heavy (non-hydrogen) atoms. The van der Waals surface area contributed by atoms with Gasteiger partial charge in [0.05, 0.1) is 19.8 Å². The number of hydrogen-bond donors (Lipinski definition) is 1. The quantitative estimate of drug-likeness (QED) is 0.711. The van der Waals surface area contributed by atoms with Crippen molar-refractivity contribution in [3.05, 3.63) is 54.1 Å². The molecule has 0 spiro atoms. The van der Waals surface area contributed by atoms with E-state index in [9.17, 15) is 9.59 Å². The van der Waals surface area contributed by atoms with Crippen LogP contribution in [0.4, 0.5) is 5.69 Å². The zero-order valence-corrected chi connectivity index (χ0v) is 16.3. The van der Waals surface area contributed by atoms with Crippen molar-refractivity contribution in [2.75, 3.05) is 25.2 Å². The van der Waals surface area contributed by atoms with Gasteiger partial charge in [0, 0.05) is 24.2 Å². The number of amides is 2. The Morgan fingerprint density at radius 2 is 1.79 bits per heavy atom. The van der Waals surface area contributed by atoms with Gasteiger partial charge in [0.15, 0.2) is 0 Å². The smallest absolute Gasteiger partial charge is 0.251 e. The van der Waals surface area contributed by atoms with E-state index in [1.165, 1.54) is 0 Å². The lowest BCUT2D eigenvalue weighted by atomic mass is 10.2. The van der Waals surface area contributed by atoms with Crippen LogP contribution in [-0.2, 0) is 4.79 Å². The number of carbonyl (C=O) groups is 2. The summed E-state index contributed by atoms with van der Waals surface area (Å²) < 4.78 is 10.8. The largest absolute Gasteiger partial charge is 0.497 e. The van der Waals surface area contributed by atoms with E-state index in [-0.39, 0.29) is 24.3 Å². The summed E-state index contributed by atoms with van der Waals surface area (Å²) in [6, 6.07) is 14.2. The summed E-state index contributed by atoms with van der Waals surface area (Å²) in [5.74, 6) is 1.30. The topological polar surface area (TPSA) is 67.9 Å². The van der Waals surface area contributed by atoms with E-state index in [0.29, 0.717) is 18.7 Å². The Morgan fingerprint density at radius 3 is 2.43 bits per heavy atom. The van der Waals surface area contributed by atoms with Crippen LogP contribution in [0.1, 0.15) is 36.5 Å². The number of anilines is 1. The number of carbonyl (C=O) groups excluding carboxylic acids is 2. The number of nitrogens with zero attached hydrogens (tertiary/aromatic N) is 1. The van der Waals surface area contributed by atoms with Crippen LogP contribution in [0.25, 0.3) is 0 Å². The average Bonchev–Trinajstić information content (AvgIpc) is 3.08. The van der Waals surface area contributed by atoms with Gasteiger partial charge in [-0.05, 0) is 55.0 Å². The van der Waals surface area contributed by atoms with Gasteiger partial charge >= 0.3 is 0 Å². The number of nitrogens with one attached hydrogen (secondary N) is 1. The van der Waals surface area contributed by atoms with Gasteiger partial charge in [0.25, 0.3) is 5.91 Å². The second-order valence-corrected chi connectivity index (χ2v) is 6.80. The van der Waals surface area contributed by atoms with Crippen molar-refractivity contribution in [2.45, 2.75) is 32.2 Å². The van der Waals surface area contributed by atoms with Gasteiger partial charge in [-0.15, -0.1) is 0 Å². The van der Waals surface area contributed by atoms with Crippen molar-refractivity contribution >= 4 is 17.5 Å². The average molecular weight is 382 g/mol. The minimum Gasteiger partial charge on any atom is -0.497 e. The SMILES string of the molecule is CCCCOc1ccc(C(=O)N[C@@H]2CC(=O)N(c3ccc(OC)cc3)C2)cc1. The van der Waals surface area contributed by atoms with Crippen molar-refractivity contribution in [1.82, 2.24) is 5.32 Å². The molecule has 2 aromatic carbocycles. The fourth-order valence-corrected chi connectivity index (χ4v) is 3.12. The maximum atomic E-state index is 12.5. The summed E-state index contributed by atoms with van der Waals surface area (Å²) in [4.78, 5) is 26.6. The van der Waals surface area contributed by atoms with Gasteiger partial charge in [-0.3, -0.25) is 9.59 Å². The molecule has 1 fully saturated rings. The summed E-state index contributed by atoms with van der Waals surface area (Å²) in [5, 5.41) is 2.95. The van der Waals surface area contributed by atoms with Crippen LogP contribution in [0.15, 0.2) is 48.5 Å². The lowest BCUT2D eigenvalue weighted by molar-refractivity contribution is -0.117. The molecule has 1 aliphatic heterocycles. The van der Waals surface area contributed by atoms with Crippen molar-refractivity contribution in [3.63, 3.8) is 0 Å². The zero-order valence-electron chi connectivity index (χ0n) is 16.3. The normalized spacial score (nSPS) is 16.1. The molecule has 0 saturated carbocycles.